The fourth-order valence-electron chi connectivity index (χ4n) is 1.78. The molecule has 1 aromatic heterocycles. The molecule has 0 radical (unpaired) electrons. The van der Waals surface area contributed by atoms with Gasteiger partial charge in [0.15, 0.2) is 8.68 Å². The third-order valence-electron chi connectivity index (χ3n) is 3.17. The van der Waals surface area contributed by atoms with Gasteiger partial charge in [0.25, 0.3) is 0 Å². The van der Waals surface area contributed by atoms with Gasteiger partial charge in [-0.2, -0.15) is 0 Å². The third kappa shape index (κ3) is 6.54. The van der Waals surface area contributed by atoms with Crippen LogP contribution in [0.4, 0.5) is 0 Å². The molecule has 5 nitrogen and oxygen atoms in total. The molecule has 0 fully saturated rings. The first-order chi connectivity index (χ1) is 10.0. The van der Waals surface area contributed by atoms with Crippen molar-refractivity contribution >= 4 is 40.8 Å². The van der Waals surface area contributed by atoms with Crippen molar-refractivity contribution in [1.29, 1.82) is 0 Å². The van der Waals surface area contributed by atoms with E-state index < -0.39 is 5.54 Å². The monoisotopic (exact) mass is 348 g/mol. The summed E-state index contributed by atoms with van der Waals surface area (Å²) in [6, 6.07) is 0. The lowest BCUT2D eigenvalue weighted by atomic mass is 9.94. The van der Waals surface area contributed by atoms with Crippen molar-refractivity contribution in [3.63, 3.8) is 0 Å². The van der Waals surface area contributed by atoms with Gasteiger partial charge in [0.05, 0.1) is 5.54 Å². The second-order valence-electron chi connectivity index (χ2n) is 4.97. The maximum atomic E-state index is 11.6. The molecule has 0 aliphatic heterocycles. The summed E-state index contributed by atoms with van der Waals surface area (Å²) < 4.78 is 2.02. The van der Waals surface area contributed by atoms with Crippen molar-refractivity contribution in [3.8, 4) is 0 Å². The number of primary amides is 1. The molecule has 1 heterocycles. The number of nitrogens with two attached hydrogens (primary N) is 1. The van der Waals surface area contributed by atoms with Crippen molar-refractivity contribution in [3.05, 3.63) is 0 Å². The standard InChI is InChI=1S/C13H24N4OS3/c1-4-8-15-13(2,10(14)18)7-5-6-9-20-12-17-16-11(19-3)21-12/h15H,4-9H2,1-3H3,(H2,14,18). The highest BCUT2D eigenvalue weighted by atomic mass is 32.2. The highest BCUT2D eigenvalue weighted by Crippen LogP contribution is 2.28. The number of nitrogens with one attached hydrogen (secondary N) is 1. The minimum atomic E-state index is -0.588. The van der Waals surface area contributed by atoms with Crippen LogP contribution in [0.15, 0.2) is 8.68 Å². The summed E-state index contributed by atoms with van der Waals surface area (Å²) in [6.07, 6.45) is 5.78. The van der Waals surface area contributed by atoms with Crippen LogP contribution < -0.4 is 11.1 Å². The fraction of sp³-hybridized carbons (Fsp3) is 0.769. The lowest BCUT2D eigenvalue weighted by Crippen LogP contribution is -2.53. The van der Waals surface area contributed by atoms with Crippen molar-refractivity contribution < 1.29 is 4.79 Å². The first-order valence-corrected chi connectivity index (χ1v) is 10.1. The quantitative estimate of drug-likeness (QED) is 0.473. The average molecular weight is 349 g/mol. The smallest absolute Gasteiger partial charge is 0.237 e. The van der Waals surface area contributed by atoms with E-state index in [1.54, 1.807) is 34.9 Å². The maximum Gasteiger partial charge on any atom is 0.237 e. The van der Waals surface area contributed by atoms with Crippen molar-refractivity contribution in [1.82, 2.24) is 15.5 Å². The van der Waals surface area contributed by atoms with E-state index in [1.807, 2.05) is 13.2 Å². The molecule has 120 valence electrons. The molecule has 8 heteroatoms. The number of nitrogens with zero attached hydrogens (tertiary/aromatic N) is 2. The molecule has 21 heavy (non-hydrogen) atoms. The van der Waals surface area contributed by atoms with E-state index in [2.05, 4.69) is 22.4 Å². The Hall–Kier alpha value is -0.310. The molecule has 1 unspecified atom stereocenters. The number of rotatable bonds is 11. The van der Waals surface area contributed by atoms with Gasteiger partial charge >= 0.3 is 0 Å². The number of hydrogen-bond acceptors (Lipinski definition) is 7. The predicted octanol–water partition coefficient (Wildman–Crippen LogP) is 2.77. The third-order valence-corrected chi connectivity index (χ3v) is 6.29. The number of amides is 1. The number of carbonyl (C=O) groups excluding carboxylic acids is 1. The Bertz CT molecular complexity index is 441. The number of thioether (sulfide) groups is 2. The second kappa shape index (κ2) is 9.66. The topological polar surface area (TPSA) is 80.9 Å². The molecule has 0 aliphatic rings. The summed E-state index contributed by atoms with van der Waals surface area (Å²) in [5, 5.41) is 11.5. The summed E-state index contributed by atoms with van der Waals surface area (Å²) in [7, 11) is 0. The largest absolute Gasteiger partial charge is 0.368 e. The Morgan fingerprint density at radius 3 is 2.67 bits per heavy atom. The van der Waals surface area contributed by atoms with Gasteiger partial charge < -0.3 is 11.1 Å². The Morgan fingerprint density at radius 2 is 2.10 bits per heavy atom. The van der Waals surface area contributed by atoms with E-state index >= 15 is 0 Å². The lowest BCUT2D eigenvalue weighted by molar-refractivity contribution is -0.124. The van der Waals surface area contributed by atoms with Crippen LogP contribution in [0.1, 0.15) is 39.5 Å². The second-order valence-corrected chi connectivity index (χ2v) is 8.34. The van der Waals surface area contributed by atoms with E-state index in [0.717, 1.165) is 46.7 Å². The van der Waals surface area contributed by atoms with E-state index in [0.29, 0.717) is 0 Å². The zero-order chi connectivity index (χ0) is 15.7. The summed E-state index contributed by atoms with van der Waals surface area (Å²) in [4.78, 5) is 11.6. The van der Waals surface area contributed by atoms with Gasteiger partial charge in [-0.25, -0.2) is 0 Å². The summed E-state index contributed by atoms with van der Waals surface area (Å²) >= 11 is 4.98. The Kier molecular flexibility index (Phi) is 8.62. The molecule has 0 aliphatic carbocycles. The normalized spacial score (nSPS) is 14.0. The zero-order valence-corrected chi connectivity index (χ0v) is 15.3. The van der Waals surface area contributed by atoms with Gasteiger partial charge in [0.1, 0.15) is 0 Å². The van der Waals surface area contributed by atoms with Crippen LogP contribution in [0.5, 0.6) is 0 Å². The van der Waals surface area contributed by atoms with Gasteiger partial charge in [-0.1, -0.05) is 48.2 Å². The first kappa shape index (κ1) is 18.7. The van der Waals surface area contributed by atoms with E-state index in [9.17, 15) is 4.79 Å². The van der Waals surface area contributed by atoms with Crippen LogP contribution in [-0.4, -0.2) is 40.2 Å². The molecular weight excluding hydrogens is 324 g/mol. The van der Waals surface area contributed by atoms with Gasteiger partial charge in [-0.05, 0) is 39.0 Å². The average Bonchev–Trinajstić information content (AvgIpc) is 2.92. The number of aromatic nitrogens is 2. The molecule has 0 aromatic carbocycles. The highest BCUT2D eigenvalue weighted by molar-refractivity contribution is 8.02. The molecule has 0 spiro atoms. The summed E-state index contributed by atoms with van der Waals surface area (Å²) in [5.74, 6) is 0.725. The van der Waals surface area contributed by atoms with Crippen LogP contribution in [-0.2, 0) is 4.79 Å². The van der Waals surface area contributed by atoms with Crippen molar-refractivity contribution in [2.75, 3.05) is 18.6 Å². The van der Waals surface area contributed by atoms with Gasteiger partial charge in [-0.3, -0.25) is 4.79 Å². The van der Waals surface area contributed by atoms with Crippen LogP contribution in [0.3, 0.4) is 0 Å². The van der Waals surface area contributed by atoms with Gasteiger partial charge in [0.2, 0.25) is 5.91 Å². The molecule has 1 atom stereocenters. The fourth-order valence-corrected chi connectivity index (χ4v) is 4.29. The van der Waals surface area contributed by atoms with E-state index in [1.165, 1.54) is 0 Å². The number of carbonyl (C=O) groups is 1. The first-order valence-electron chi connectivity index (χ1n) is 7.07. The minimum Gasteiger partial charge on any atom is -0.368 e. The van der Waals surface area contributed by atoms with Crippen LogP contribution in [0, 0.1) is 0 Å². The summed E-state index contributed by atoms with van der Waals surface area (Å²) in [5.41, 5.74) is 4.92. The van der Waals surface area contributed by atoms with Gasteiger partial charge in [-0.15, -0.1) is 10.2 Å². The molecule has 0 saturated carbocycles. The maximum absolute atomic E-state index is 11.6. The molecule has 1 amide bonds. The highest BCUT2D eigenvalue weighted by Gasteiger charge is 2.29. The van der Waals surface area contributed by atoms with Crippen molar-refractivity contribution in [2.45, 2.75) is 53.7 Å². The predicted molar refractivity (Wildman–Crippen MR) is 92.2 cm³/mol. The molecule has 0 bridgehead atoms. The van der Waals surface area contributed by atoms with Crippen LogP contribution in [0.2, 0.25) is 0 Å². The Labute approximate surface area is 139 Å². The SMILES string of the molecule is CCCNC(C)(CCCCSc1nnc(SC)s1)C(N)=O. The number of unbranched alkanes of at least 4 members (excludes halogenated alkanes) is 1. The number of hydrogen-bond donors (Lipinski definition) is 2. The van der Waals surface area contributed by atoms with E-state index in [-0.39, 0.29) is 5.91 Å². The summed E-state index contributed by atoms with van der Waals surface area (Å²) in [6.45, 7) is 4.79. The molecular formula is C13H24N4OS3. The Morgan fingerprint density at radius 1 is 1.38 bits per heavy atom. The minimum absolute atomic E-state index is 0.266. The Balaban J connectivity index is 2.26. The molecule has 3 N–H and O–H groups in total. The van der Waals surface area contributed by atoms with E-state index in [4.69, 9.17) is 5.73 Å². The van der Waals surface area contributed by atoms with Crippen molar-refractivity contribution in [2.24, 2.45) is 5.73 Å². The molecule has 1 rings (SSSR count). The van der Waals surface area contributed by atoms with Gasteiger partial charge in [0, 0.05) is 5.75 Å². The van der Waals surface area contributed by atoms with Crippen LogP contribution >= 0.6 is 34.9 Å². The zero-order valence-electron chi connectivity index (χ0n) is 12.8. The van der Waals surface area contributed by atoms with Crippen LogP contribution in [0.25, 0.3) is 0 Å². The molecule has 1 aromatic rings. The molecule has 0 saturated heterocycles. The lowest BCUT2D eigenvalue weighted by Gasteiger charge is -2.27.